The van der Waals surface area contributed by atoms with Gasteiger partial charge in [-0.2, -0.15) is 0 Å². The number of benzene rings is 1. The number of carbonyl (C=O) groups excluding carboxylic acids is 1. The largest absolute Gasteiger partial charge is 0.495 e. The first-order chi connectivity index (χ1) is 19.9. The minimum absolute atomic E-state index is 0.0283. The number of methoxy groups -OCH3 is 1. The molecule has 1 aromatic carbocycles. The normalized spacial score (nSPS) is 23.0. The number of halogens is 1. The van der Waals surface area contributed by atoms with Crippen LogP contribution in [-0.4, -0.2) is 85.2 Å². The summed E-state index contributed by atoms with van der Waals surface area (Å²) >= 11 is 6.78. The predicted octanol–water partition coefficient (Wildman–Crippen LogP) is 5.15. The number of nitrogens with zero attached hydrogens (tertiary/aromatic N) is 5. The van der Waals surface area contributed by atoms with Crippen molar-refractivity contribution in [2.45, 2.75) is 38.1 Å². The van der Waals surface area contributed by atoms with E-state index in [9.17, 15) is 4.79 Å². The molecule has 0 saturated carbocycles. The number of pyridine rings is 2. The summed E-state index contributed by atoms with van der Waals surface area (Å²) in [5.41, 5.74) is 3.95. The van der Waals surface area contributed by atoms with Crippen LogP contribution in [-0.2, 0) is 5.41 Å². The quantitative estimate of drug-likeness (QED) is 0.386. The molecule has 41 heavy (non-hydrogen) atoms. The summed E-state index contributed by atoms with van der Waals surface area (Å²) < 4.78 is 11.3. The molecule has 8 nitrogen and oxygen atoms in total. The van der Waals surface area contributed by atoms with E-state index >= 15 is 0 Å². The molecule has 6 rings (SSSR count). The second-order valence-electron chi connectivity index (χ2n) is 11.4. The zero-order valence-electron chi connectivity index (χ0n) is 24.3. The smallest absolute Gasteiger partial charge is 0.273 e. The molecule has 2 atom stereocenters. The van der Waals surface area contributed by atoms with Gasteiger partial charge in [-0.05, 0) is 62.2 Å². The first-order valence-corrected chi connectivity index (χ1v) is 14.9. The number of likely N-dealkylation sites (N-methyl/N-ethyl adjacent to an activating group) is 1. The summed E-state index contributed by atoms with van der Waals surface area (Å²) in [5, 5.41) is 0.645. The van der Waals surface area contributed by atoms with E-state index in [-0.39, 0.29) is 17.4 Å². The number of ether oxygens (including phenoxy) is 2. The van der Waals surface area contributed by atoms with Gasteiger partial charge in [0.05, 0.1) is 36.7 Å². The third-order valence-electron chi connectivity index (χ3n) is 9.21. The van der Waals surface area contributed by atoms with Gasteiger partial charge in [-0.15, -0.1) is 0 Å². The summed E-state index contributed by atoms with van der Waals surface area (Å²) in [7, 11) is 3.76. The Morgan fingerprint density at radius 1 is 1.10 bits per heavy atom. The monoisotopic (exact) mass is 575 g/mol. The topological polar surface area (TPSA) is 71.0 Å². The summed E-state index contributed by atoms with van der Waals surface area (Å²) in [6, 6.07) is 14.2. The molecule has 2 saturated heterocycles. The lowest BCUT2D eigenvalue weighted by Gasteiger charge is -2.56. The maximum atomic E-state index is 14.1. The van der Waals surface area contributed by atoms with E-state index in [1.165, 1.54) is 0 Å². The molecular weight excluding hydrogens is 538 g/mol. The highest BCUT2D eigenvalue weighted by Gasteiger charge is 2.52. The fourth-order valence-electron chi connectivity index (χ4n) is 7.04. The average molecular weight is 576 g/mol. The highest BCUT2D eigenvalue weighted by atomic mass is 35.5. The van der Waals surface area contributed by atoms with Gasteiger partial charge in [0.25, 0.3) is 5.91 Å². The van der Waals surface area contributed by atoms with Gasteiger partial charge < -0.3 is 24.2 Å². The summed E-state index contributed by atoms with van der Waals surface area (Å²) in [6.07, 6.45) is 3.59. The van der Waals surface area contributed by atoms with Crippen molar-refractivity contribution in [2.75, 3.05) is 58.4 Å². The summed E-state index contributed by atoms with van der Waals surface area (Å²) in [4.78, 5) is 30.4. The van der Waals surface area contributed by atoms with Crippen LogP contribution in [0.2, 0.25) is 5.02 Å². The highest BCUT2D eigenvalue weighted by Crippen LogP contribution is 2.49. The molecule has 3 aliphatic rings. The first-order valence-electron chi connectivity index (χ1n) is 14.6. The predicted molar refractivity (Wildman–Crippen MR) is 161 cm³/mol. The first kappa shape index (κ1) is 27.8. The van der Waals surface area contributed by atoms with E-state index in [0.717, 1.165) is 55.8 Å². The van der Waals surface area contributed by atoms with Gasteiger partial charge in [0, 0.05) is 44.3 Å². The van der Waals surface area contributed by atoms with Crippen LogP contribution in [0.1, 0.15) is 42.7 Å². The Kier molecular flexibility index (Phi) is 7.55. The maximum Gasteiger partial charge on any atom is 0.273 e. The molecule has 3 aliphatic heterocycles. The zero-order valence-corrected chi connectivity index (χ0v) is 25.0. The van der Waals surface area contributed by atoms with Crippen molar-refractivity contribution in [2.24, 2.45) is 5.92 Å². The highest BCUT2D eigenvalue weighted by molar-refractivity contribution is 6.34. The molecule has 1 spiro atoms. The molecule has 2 aromatic heterocycles. The lowest BCUT2D eigenvalue weighted by atomic mass is 9.62. The van der Waals surface area contributed by atoms with Crippen molar-refractivity contribution in [3.05, 3.63) is 64.9 Å². The molecule has 3 aromatic rings. The van der Waals surface area contributed by atoms with Crippen LogP contribution >= 0.6 is 11.6 Å². The van der Waals surface area contributed by atoms with Crippen LogP contribution in [0.25, 0.3) is 11.3 Å². The Labute approximate surface area is 247 Å². The van der Waals surface area contributed by atoms with Crippen molar-refractivity contribution in [3.63, 3.8) is 0 Å². The number of hydrogen-bond donors (Lipinski definition) is 0. The van der Waals surface area contributed by atoms with Gasteiger partial charge in [0.1, 0.15) is 16.5 Å². The van der Waals surface area contributed by atoms with Crippen LogP contribution in [0.5, 0.6) is 11.6 Å². The van der Waals surface area contributed by atoms with E-state index in [4.69, 9.17) is 26.1 Å². The van der Waals surface area contributed by atoms with E-state index in [1.807, 2.05) is 37.3 Å². The Morgan fingerprint density at radius 3 is 2.66 bits per heavy atom. The van der Waals surface area contributed by atoms with Crippen molar-refractivity contribution in [1.82, 2.24) is 19.8 Å². The van der Waals surface area contributed by atoms with E-state index in [0.29, 0.717) is 47.1 Å². The number of carbonyl (C=O) groups is 1. The average Bonchev–Trinajstić information content (AvgIpc) is 2.98. The van der Waals surface area contributed by atoms with Gasteiger partial charge >= 0.3 is 0 Å². The lowest BCUT2D eigenvalue weighted by Crippen LogP contribution is -2.66. The maximum absolute atomic E-state index is 14.1. The standard InChI is InChI=1S/C32H38ClN5O3/c1-5-21-17-37(26-10-7-11-27(40-4)28(26)33)16-14-32(21)20-38(22-18-36(3)19-22)31(39)29-24(32)12-13-25(35-29)23-9-8-15-34-30(23)41-6-2/h7-13,15,21-22H,5-6,14,16-20H2,1-4H3/t21-,32+/m1/s1. The van der Waals surface area contributed by atoms with E-state index in [1.54, 1.807) is 13.3 Å². The van der Waals surface area contributed by atoms with Gasteiger partial charge in [0.2, 0.25) is 5.88 Å². The van der Waals surface area contributed by atoms with Crippen LogP contribution < -0.4 is 14.4 Å². The minimum atomic E-state index is -0.197. The third kappa shape index (κ3) is 4.71. The SMILES string of the molecule is CCOc1ncccc1-c1ccc2c(n1)C(=O)N(C1CN(C)C1)C[C@]21CCN(c2cccc(OC)c2Cl)C[C@H]1CC. The Bertz CT molecular complexity index is 1440. The number of aromatic nitrogens is 2. The van der Waals surface area contributed by atoms with Crippen LogP contribution in [0, 0.1) is 5.92 Å². The second kappa shape index (κ2) is 11.1. The van der Waals surface area contributed by atoms with Crippen molar-refractivity contribution >= 4 is 23.2 Å². The number of likely N-dealkylation sites (tertiary alicyclic amines) is 1. The van der Waals surface area contributed by atoms with Gasteiger partial charge in [0.15, 0.2) is 0 Å². The number of fused-ring (bicyclic) bond motifs is 2. The van der Waals surface area contributed by atoms with Gasteiger partial charge in [-0.25, -0.2) is 9.97 Å². The summed E-state index contributed by atoms with van der Waals surface area (Å²) in [5.74, 6) is 1.55. The molecule has 9 heteroatoms. The fraction of sp³-hybridized carbons (Fsp3) is 0.469. The Morgan fingerprint density at radius 2 is 1.93 bits per heavy atom. The third-order valence-corrected chi connectivity index (χ3v) is 9.59. The molecule has 216 valence electrons. The molecule has 2 fully saturated rings. The molecule has 5 heterocycles. The van der Waals surface area contributed by atoms with E-state index < -0.39 is 0 Å². The molecule has 0 radical (unpaired) electrons. The molecule has 0 unspecified atom stereocenters. The zero-order chi connectivity index (χ0) is 28.7. The van der Waals surface area contributed by atoms with Gasteiger partial charge in [-0.3, -0.25) is 4.79 Å². The lowest BCUT2D eigenvalue weighted by molar-refractivity contribution is 0.0113. The molecular formula is C32H38ClN5O3. The van der Waals surface area contributed by atoms with E-state index in [2.05, 4.69) is 45.8 Å². The Hall–Kier alpha value is -3.36. The van der Waals surface area contributed by atoms with Crippen molar-refractivity contribution in [1.29, 1.82) is 0 Å². The second-order valence-corrected chi connectivity index (χ2v) is 11.8. The number of rotatable bonds is 7. The number of amides is 1. The molecule has 0 aliphatic carbocycles. The van der Waals surface area contributed by atoms with Crippen LogP contribution in [0.4, 0.5) is 5.69 Å². The molecule has 0 bridgehead atoms. The van der Waals surface area contributed by atoms with Crippen molar-refractivity contribution in [3.8, 4) is 22.9 Å². The van der Waals surface area contributed by atoms with Crippen LogP contribution in [0.3, 0.4) is 0 Å². The van der Waals surface area contributed by atoms with Crippen LogP contribution in [0.15, 0.2) is 48.7 Å². The summed E-state index contributed by atoms with van der Waals surface area (Å²) in [6.45, 7) is 8.86. The number of piperidine rings is 1. The Balaban J connectivity index is 1.42. The minimum Gasteiger partial charge on any atom is -0.495 e. The fourth-order valence-corrected chi connectivity index (χ4v) is 7.36. The molecule has 1 amide bonds. The number of anilines is 1. The molecule has 0 N–H and O–H groups in total. The van der Waals surface area contributed by atoms with Gasteiger partial charge in [-0.1, -0.05) is 37.1 Å². The number of hydrogen-bond acceptors (Lipinski definition) is 7. The van der Waals surface area contributed by atoms with Crippen molar-refractivity contribution < 1.29 is 14.3 Å².